The van der Waals surface area contributed by atoms with Gasteiger partial charge in [-0.3, -0.25) is 4.79 Å². The molecule has 0 aromatic rings. The van der Waals surface area contributed by atoms with Gasteiger partial charge < -0.3 is 15.4 Å². The number of piperidine rings is 1. The second kappa shape index (κ2) is 5.15. The summed E-state index contributed by atoms with van der Waals surface area (Å²) < 4.78 is 5.29. The second-order valence-corrected chi connectivity index (χ2v) is 5.05. The summed E-state index contributed by atoms with van der Waals surface area (Å²) >= 11 is 0. The van der Waals surface area contributed by atoms with E-state index in [0.717, 1.165) is 45.4 Å². The maximum absolute atomic E-state index is 12.3. The third kappa shape index (κ3) is 2.55. The molecule has 2 N–H and O–H groups in total. The van der Waals surface area contributed by atoms with Crippen molar-refractivity contribution in [3.63, 3.8) is 0 Å². The van der Waals surface area contributed by atoms with Crippen molar-refractivity contribution in [2.24, 2.45) is 11.7 Å². The smallest absolute Gasteiger partial charge is 0.226 e. The van der Waals surface area contributed by atoms with E-state index in [2.05, 4.69) is 6.92 Å². The SMILES string of the molecule is CC1CC(N)CCN1C(=O)C1CCOCC1. The van der Waals surface area contributed by atoms with Gasteiger partial charge in [-0.25, -0.2) is 0 Å². The van der Waals surface area contributed by atoms with Crippen LogP contribution in [0, 0.1) is 5.92 Å². The molecule has 0 radical (unpaired) electrons. The number of amides is 1. The zero-order valence-corrected chi connectivity index (χ0v) is 10.0. The third-order valence-electron chi connectivity index (χ3n) is 3.77. The van der Waals surface area contributed by atoms with E-state index in [4.69, 9.17) is 10.5 Å². The minimum absolute atomic E-state index is 0.186. The van der Waals surface area contributed by atoms with E-state index >= 15 is 0 Å². The molecule has 0 aliphatic carbocycles. The van der Waals surface area contributed by atoms with Crippen molar-refractivity contribution in [3.05, 3.63) is 0 Å². The molecule has 2 aliphatic rings. The van der Waals surface area contributed by atoms with Gasteiger partial charge in [-0.1, -0.05) is 0 Å². The van der Waals surface area contributed by atoms with Crippen LogP contribution in [0.15, 0.2) is 0 Å². The van der Waals surface area contributed by atoms with Gasteiger partial charge in [0.15, 0.2) is 0 Å². The summed E-state index contributed by atoms with van der Waals surface area (Å²) in [4.78, 5) is 14.3. The van der Waals surface area contributed by atoms with Crippen molar-refractivity contribution >= 4 is 5.91 Å². The predicted molar refractivity (Wildman–Crippen MR) is 61.9 cm³/mol. The lowest BCUT2D eigenvalue weighted by Crippen LogP contribution is -2.50. The number of rotatable bonds is 1. The van der Waals surface area contributed by atoms with Gasteiger partial charge in [0.25, 0.3) is 0 Å². The van der Waals surface area contributed by atoms with Gasteiger partial charge in [0.05, 0.1) is 0 Å². The Balaban J connectivity index is 1.92. The molecule has 0 saturated carbocycles. The molecule has 4 nitrogen and oxygen atoms in total. The molecule has 2 unspecified atom stereocenters. The van der Waals surface area contributed by atoms with E-state index in [1.807, 2.05) is 4.90 Å². The first-order valence-corrected chi connectivity index (χ1v) is 6.32. The van der Waals surface area contributed by atoms with Crippen LogP contribution in [-0.4, -0.2) is 42.6 Å². The van der Waals surface area contributed by atoms with E-state index < -0.39 is 0 Å². The summed E-state index contributed by atoms with van der Waals surface area (Å²) in [7, 11) is 0. The minimum Gasteiger partial charge on any atom is -0.381 e. The van der Waals surface area contributed by atoms with Crippen molar-refractivity contribution in [1.82, 2.24) is 4.90 Å². The van der Waals surface area contributed by atoms with E-state index in [9.17, 15) is 4.79 Å². The van der Waals surface area contributed by atoms with Crippen LogP contribution in [0.1, 0.15) is 32.6 Å². The van der Waals surface area contributed by atoms with E-state index in [1.165, 1.54) is 0 Å². The molecule has 2 aliphatic heterocycles. The van der Waals surface area contributed by atoms with E-state index in [0.29, 0.717) is 11.9 Å². The quantitative estimate of drug-likeness (QED) is 0.718. The highest BCUT2D eigenvalue weighted by molar-refractivity contribution is 5.79. The zero-order chi connectivity index (χ0) is 11.5. The Bertz CT molecular complexity index is 251. The molecule has 2 saturated heterocycles. The van der Waals surface area contributed by atoms with Gasteiger partial charge in [-0.15, -0.1) is 0 Å². The monoisotopic (exact) mass is 226 g/mol. The molecule has 0 aromatic heterocycles. The van der Waals surface area contributed by atoms with Crippen LogP contribution in [-0.2, 0) is 9.53 Å². The fraction of sp³-hybridized carbons (Fsp3) is 0.917. The number of nitrogens with zero attached hydrogens (tertiary/aromatic N) is 1. The summed E-state index contributed by atoms with van der Waals surface area (Å²) in [5.74, 6) is 0.508. The van der Waals surface area contributed by atoms with E-state index in [-0.39, 0.29) is 12.0 Å². The Morgan fingerprint density at radius 1 is 1.31 bits per heavy atom. The predicted octanol–water partition coefficient (Wildman–Crippen LogP) is 0.751. The van der Waals surface area contributed by atoms with Crippen LogP contribution in [0.3, 0.4) is 0 Å². The number of hydrogen-bond acceptors (Lipinski definition) is 3. The van der Waals surface area contributed by atoms with Gasteiger partial charge in [0, 0.05) is 37.8 Å². The van der Waals surface area contributed by atoms with E-state index in [1.54, 1.807) is 0 Å². The van der Waals surface area contributed by atoms with Crippen LogP contribution in [0.4, 0.5) is 0 Å². The molecule has 1 amide bonds. The first kappa shape index (κ1) is 11.9. The van der Waals surface area contributed by atoms with Crippen LogP contribution < -0.4 is 5.73 Å². The molecule has 2 atom stereocenters. The van der Waals surface area contributed by atoms with Crippen molar-refractivity contribution in [2.75, 3.05) is 19.8 Å². The molecular formula is C12H22N2O2. The highest BCUT2D eigenvalue weighted by Gasteiger charge is 2.32. The lowest BCUT2D eigenvalue weighted by molar-refractivity contribution is -0.142. The largest absolute Gasteiger partial charge is 0.381 e. The first-order valence-electron chi connectivity index (χ1n) is 6.32. The average molecular weight is 226 g/mol. The lowest BCUT2D eigenvalue weighted by Gasteiger charge is -2.39. The minimum atomic E-state index is 0.186. The molecule has 2 fully saturated rings. The number of ether oxygens (including phenoxy) is 1. The number of carbonyl (C=O) groups is 1. The summed E-state index contributed by atoms with van der Waals surface area (Å²) in [6.07, 6.45) is 3.65. The molecular weight excluding hydrogens is 204 g/mol. The number of hydrogen-bond donors (Lipinski definition) is 1. The summed E-state index contributed by atoms with van der Waals surface area (Å²) in [6, 6.07) is 0.577. The fourth-order valence-electron chi connectivity index (χ4n) is 2.71. The Morgan fingerprint density at radius 2 is 2.00 bits per heavy atom. The van der Waals surface area contributed by atoms with Gasteiger partial charge in [-0.2, -0.15) is 0 Å². The van der Waals surface area contributed by atoms with Crippen LogP contribution in [0.2, 0.25) is 0 Å². The molecule has 0 spiro atoms. The molecule has 92 valence electrons. The van der Waals surface area contributed by atoms with Gasteiger partial charge in [0.1, 0.15) is 0 Å². The topological polar surface area (TPSA) is 55.6 Å². The number of carbonyl (C=O) groups excluding carboxylic acids is 1. The maximum Gasteiger partial charge on any atom is 0.226 e. The zero-order valence-electron chi connectivity index (χ0n) is 10.0. The van der Waals surface area contributed by atoms with Crippen molar-refractivity contribution < 1.29 is 9.53 Å². The second-order valence-electron chi connectivity index (χ2n) is 5.05. The van der Waals surface area contributed by atoms with Gasteiger partial charge in [0.2, 0.25) is 5.91 Å². The van der Waals surface area contributed by atoms with Crippen LogP contribution >= 0.6 is 0 Å². The van der Waals surface area contributed by atoms with Crippen molar-refractivity contribution in [3.8, 4) is 0 Å². The van der Waals surface area contributed by atoms with Crippen LogP contribution in [0.25, 0.3) is 0 Å². The number of likely N-dealkylation sites (tertiary alicyclic amines) is 1. The normalized spacial score (nSPS) is 32.8. The molecule has 16 heavy (non-hydrogen) atoms. The maximum atomic E-state index is 12.3. The summed E-state index contributed by atoms with van der Waals surface area (Å²) in [5, 5.41) is 0. The Labute approximate surface area is 97.1 Å². The molecule has 0 aromatic carbocycles. The van der Waals surface area contributed by atoms with Gasteiger partial charge >= 0.3 is 0 Å². The van der Waals surface area contributed by atoms with Crippen molar-refractivity contribution in [2.45, 2.75) is 44.7 Å². The fourth-order valence-corrected chi connectivity index (χ4v) is 2.71. The Morgan fingerprint density at radius 3 is 2.62 bits per heavy atom. The lowest BCUT2D eigenvalue weighted by atomic mass is 9.93. The highest BCUT2D eigenvalue weighted by atomic mass is 16.5. The van der Waals surface area contributed by atoms with Crippen LogP contribution in [0.5, 0.6) is 0 Å². The first-order chi connectivity index (χ1) is 7.68. The molecule has 4 heteroatoms. The molecule has 2 heterocycles. The highest BCUT2D eigenvalue weighted by Crippen LogP contribution is 2.23. The molecule has 2 rings (SSSR count). The Kier molecular flexibility index (Phi) is 3.82. The average Bonchev–Trinajstić information content (AvgIpc) is 2.29. The number of nitrogens with two attached hydrogens (primary N) is 1. The van der Waals surface area contributed by atoms with Crippen molar-refractivity contribution in [1.29, 1.82) is 0 Å². The van der Waals surface area contributed by atoms with Gasteiger partial charge in [-0.05, 0) is 32.6 Å². The standard InChI is InChI=1S/C12H22N2O2/c1-9-8-11(13)2-5-14(9)12(15)10-3-6-16-7-4-10/h9-11H,2-8,13H2,1H3. The summed E-state index contributed by atoms with van der Waals surface area (Å²) in [5.41, 5.74) is 5.91. The Hall–Kier alpha value is -0.610. The summed E-state index contributed by atoms with van der Waals surface area (Å²) in [6.45, 7) is 4.41. The third-order valence-corrected chi connectivity index (χ3v) is 3.77. The molecule has 0 bridgehead atoms.